The molecule has 2 rings (SSSR count). The molecule has 0 heterocycles. The predicted molar refractivity (Wildman–Crippen MR) is 77.4 cm³/mol. The summed E-state index contributed by atoms with van der Waals surface area (Å²) in [7, 11) is 0. The molecule has 0 saturated heterocycles. The van der Waals surface area contributed by atoms with Gasteiger partial charge in [-0.2, -0.15) is 0 Å². The number of halogens is 3. The van der Waals surface area contributed by atoms with Gasteiger partial charge in [0.15, 0.2) is 0 Å². The zero-order valence-corrected chi connectivity index (χ0v) is 11.8. The van der Waals surface area contributed by atoms with Crippen LogP contribution in [0.3, 0.4) is 0 Å². The highest BCUT2D eigenvalue weighted by Crippen LogP contribution is 2.32. The number of nitrogens with zero attached hydrogens (tertiary/aromatic N) is 1. The van der Waals surface area contributed by atoms with Crippen LogP contribution in [0.5, 0.6) is 0 Å². The highest BCUT2D eigenvalue weighted by molar-refractivity contribution is 6.36. The normalized spacial score (nSPS) is 10.5. The molecule has 2 aromatic carbocycles. The van der Waals surface area contributed by atoms with Crippen LogP contribution in [-0.4, -0.2) is 4.92 Å². The van der Waals surface area contributed by atoms with Gasteiger partial charge >= 0.3 is 0 Å². The van der Waals surface area contributed by atoms with Crippen molar-refractivity contribution in [1.29, 1.82) is 0 Å². The molecule has 0 aromatic heterocycles. The van der Waals surface area contributed by atoms with Gasteiger partial charge in [-0.25, -0.2) is 0 Å². The molecule has 0 aliphatic heterocycles. The van der Waals surface area contributed by atoms with Gasteiger partial charge in [-0.05, 0) is 23.3 Å². The summed E-state index contributed by atoms with van der Waals surface area (Å²) in [5, 5.41) is 11.9. The lowest BCUT2D eigenvalue weighted by Gasteiger charge is -2.07. The van der Waals surface area contributed by atoms with Crippen LogP contribution in [0.25, 0.3) is 0 Å². The Hall–Kier alpha value is -1.29. The van der Waals surface area contributed by atoms with Gasteiger partial charge in [0, 0.05) is 23.6 Å². The Balaban J connectivity index is 2.38. The van der Waals surface area contributed by atoms with E-state index >= 15 is 0 Å². The van der Waals surface area contributed by atoms with Gasteiger partial charge in [0.25, 0.3) is 5.69 Å². The average Bonchev–Trinajstić information content (AvgIpc) is 2.33. The van der Waals surface area contributed by atoms with Crippen LogP contribution in [0.1, 0.15) is 11.1 Å². The number of nitro groups is 1. The number of benzene rings is 2. The van der Waals surface area contributed by atoms with E-state index in [0.29, 0.717) is 17.0 Å². The maximum Gasteiger partial charge on any atom is 0.272 e. The van der Waals surface area contributed by atoms with Crippen molar-refractivity contribution in [2.75, 3.05) is 0 Å². The summed E-state index contributed by atoms with van der Waals surface area (Å²) < 4.78 is 0. The fraction of sp³-hybridized carbons (Fsp3) is 0.0769. The van der Waals surface area contributed by atoms with Crippen molar-refractivity contribution in [1.82, 2.24) is 0 Å². The van der Waals surface area contributed by atoms with Crippen molar-refractivity contribution in [3.05, 3.63) is 72.7 Å². The molecule has 19 heavy (non-hydrogen) atoms. The smallest absolute Gasteiger partial charge is 0.258 e. The Labute approximate surface area is 124 Å². The van der Waals surface area contributed by atoms with Crippen LogP contribution >= 0.6 is 34.8 Å². The lowest BCUT2D eigenvalue weighted by Crippen LogP contribution is -1.94. The van der Waals surface area contributed by atoms with Gasteiger partial charge in [0.1, 0.15) is 0 Å². The molecular weight excluding hydrogens is 309 g/mol. The Bertz CT molecular complexity index is 621. The molecular formula is C13H8Cl3NO2. The predicted octanol–water partition coefficient (Wildman–Crippen LogP) is 5.15. The Morgan fingerprint density at radius 2 is 1.68 bits per heavy atom. The van der Waals surface area contributed by atoms with E-state index < -0.39 is 4.92 Å². The second-order valence-electron chi connectivity index (χ2n) is 3.95. The molecule has 0 spiro atoms. The first kappa shape index (κ1) is 14.1. The van der Waals surface area contributed by atoms with Crippen molar-refractivity contribution >= 4 is 40.5 Å². The molecule has 0 atom stereocenters. The van der Waals surface area contributed by atoms with Crippen LogP contribution in [0, 0.1) is 10.1 Å². The van der Waals surface area contributed by atoms with Gasteiger partial charge in [-0.1, -0.05) is 46.9 Å². The summed E-state index contributed by atoms with van der Waals surface area (Å²) in [6, 6.07) is 9.88. The van der Waals surface area contributed by atoms with Crippen LogP contribution in [0.4, 0.5) is 5.69 Å². The standard InChI is InChI=1S/C13H8Cl3NO2/c14-9-3-1-2-8(4-9)5-11-12(15)6-10(17(18)19)7-13(11)16/h1-4,6-7H,5H2. The van der Waals surface area contributed by atoms with E-state index in [-0.39, 0.29) is 15.7 Å². The van der Waals surface area contributed by atoms with Crippen LogP contribution in [0.15, 0.2) is 36.4 Å². The second kappa shape index (κ2) is 5.78. The summed E-state index contributed by atoms with van der Waals surface area (Å²) in [5.74, 6) is 0. The largest absolute Gasteiger partial charge is 0.272 e. The van der Waals surface area contributed by atoms with Gasteiger partial charge in [-0.3, -0.25) is 10.1 Å². The molecule has 0 amide bonds. The molecule has 0 unspecified atom stereocenters. The molecule has 6 heteroatoms. The third kappa shape index (κ3) is 3.38. The third-order valence-electron chi connectivity index (χ3n) is 2.61. The molecule has 3 nitrogen and oxygen atoms in total. The van der Waals surface area contributed by atoms with E-state index in [1.54, 1.807) is 12.1 Å². The topological polar surface area (TPSA) is 43.1 Å². The van der Waals surface area contributed by atoms with Crippen molar-refractivity contribution in [2.45, 2.75) is 6.42 Å². The maximum absolute atomic E-state index is 10.7. The van der Waals surface area contributed by atoms with Gasteiger partial charge in [0.2, 0.25) is 0 Å². The number of nitro benzene ring substituents is 1. The van der Waals surface area contributed by atoms with Gasteiger partial charge < -0.3 is 0 Å². The monoisotopic (exact) mass is 315 g/mol. The van der Waals surface area contributed by atoms with E-state index in [1.807, 2.05) is 12.1 Å². The lowest BCUT2D eigenvalue weighted by atomic mass is 10.0. The highest BCUT2D eigenvalue weighted by Gasteiger charge is 2.14. The zero-order valence-electron chi connectivity index (χ0n) is 9.57. The molecule has 0 aliphatic rings. The van der Waals surface area contributed by atoms with E-state index in [0.717, 1.165) is 5.56 Å². The molecule has 0 aliphatic carbocycles. The second-order valence-corrected chi connectivity index (χ2v) is 5.20. The number of non-ortho nitro benzene ring substituents is 1. The Morgan fingerprint density at radius 3 is 2.21 bits per heavy atom. The van der Waals surface area contributed by atoms with Crippen LogP contribution in [-0.2, 0) is 6.42 Å². The number of hydrogen-bond donors (Lipinski definition) is 0. The van der Waals surface area contributed by atoms with Crippen molar-refractivity contribution in [2.24, 2.45) is 0 Å². The maximum atomic E-state index is 10.7. The summed E-state index contributed by atoms with van der Waals surface area (Å²) in [5.41, 5.74) is 1.46. The molecule has 2 aromatic rings. The minimum absolute atomic E-state index is 0.121. The summed E-state index contributed by atoms with van der Waals surface area (Å²) in [4.78, 5) is 10.2. The Kier molecular flexibility index (Phi) is 4.30. The molecule has 0 saturated carbocycles. The van der Waals surface area contributed by atoms with Gasteiger partial charge in [-0.15, -0.1) is 0 Å². The van der Waals surface area contributed by atoms with Crippen molar-refractivity contribution < 1.29 is 4.92 Å². The van der Waals surface area contributed by atoms with Crippen LogP contribution < -0.4 is 0 Å². The Morgan fingerprint density at radius 1 is 1.05 bits per heavy atom. The molecule has 0 N–H and O–H groups in total. The highest BCUT2D eigenvalue weighted by atomic mass is 35.5. The first-order valence-corrected chi connectivity index (χ1v) is 6.47. The molecule has 98 valence electrons. The fourth-order valence-electron chi connectivity index (χ4n) is 1.71. The average molecular weight is 317 g/mol. The third-order valence-corrected chi connectivity index (χ3v) is 3.52. The number of hydrogen-bond acceptors (Lipinski definition) is 2. The minimum atomic E-state index is -0.527. The quantitative estimate of drug-likeness (QED) is 0.581. The first-order chi connectivity index (χ1) is 8.97. The van der Waals surface area contributed by atoms with E-state index in [4.69, 9.17) is 34.8 Å². The van der Waals surface area contributed by atoms with E-state index in [9.17, 15) is 10.1 Å². The summed E-state index contributed by atoms with van der Waals surface area (Å²) in [6.45, 7) is 0. The van der Waals surface area contributed by atoms with Crippen molar-refractivity contribution in [3.63, 3.8) is 0 Å². The first-order valence-electron chi connectivity index (χ1n) is 5.34. The van der Waals surface area contributed by atoms with E-state index in [2.05, 4.69) is 0 Å². The fourth-order valence-corrected chi connectivity index (χ4v) is 2.54. The molecule has 0 bridgehead atoms. The van der Waals surface area contributed by atoms with Crippen molar-refractivity contribution in [3.8, 4) is 0 Å². The van der Waals surface area contributed by atoms with E-state index in [1.165, 1.54) is 12.1 Å². The minimum Gasteiger partial charge on any atom is -0.258 e. The SMILES string of the molecule is O=[N+]([O-])c1cc(Cl)c(Cc2cccc(Cl)c2)c(Cl)c1. The van der Waals surface area contributed by atoms with Gasteiger partial charge in [0.05, 0.1) is 15.0 Å². The lowest BCUT2D eigenvalue weighted by molar-refractivity contribution is -0.384. The number of rotatable bonds is 3. The molecule has 0 fully saturated rings. The zero-order chi connectivity index (χ0) is 14.0. The summed E-state index contributed by atoms with van der Waals surface area (Å²) >= 11 is 18.0. The summed E-state index contributed by atoms with van der Waals surface area (Å²) in [6.07, 6.45) is 0.468. The molecule has 0 radical (unpaired) electrons. The van der Waals surface area contributed by atoms with Crippen LogP contribution in [0.2, 0.25) is 15.1 Å².